The fourth-order valence-electron chi connectivity index (χ4n) is 3.19. The van der Waals surface area contributed by atoms with Crippen molar-refractivity contribution in [1.29, 1.82) is 0 Å². The molecule has 0 spiro atoms. The van der Waals surface area contributed by atoms with Gasteiger partial charge in [-0.3, -0.25) is 23.7 Å². The SMILES string of the molecule is C[C@@H](NC(=O)[C@@H](N)Cc1ccc(OS(=O)(=O)O)cc1)C(=O)N[C@@H](Cc1ccccc1)C(=O)NCC(N)=O. The van der Waals surface area contributed by atoms with Crippen LogP contribution < -0.4 is 31.6 Å². The summed E-state index contributed by atoms with van der Waals surface area (Å²) >= 11 is 0. The molecule has 0 saturated heterocycles. The van der Waals surface area contributed by atoms with E-state index in [1.165, 1.54) is 31.2 Å². The minimum atomic E-state index is -4.66. The Morgan fingerprint density at radius 2 is 1.49 bits per heavy atom. The standard InChI is InChI=1S/C23H29N5O8S/c1-14(27-22(31)18(24)11-16-7-9-17(10-8-16)36-37(33,34)35)21(30)28-19(23(32)26-13-20(25)29)12-15-5-3-2-4-6-15/h2-10,14,18-19H,11-13,24H2,1H3,(H2,25,29)(H,26,32)(H,27,31)(H,28,30)(H,33,34,35)/t14-,18+,19+/m1/s1. The highest BCUT2D eigenvalue weighted by Gasteiger charge is 2.26. The topological polar surface area (TPSA) is 220 Å². The Morgan fingerprint density at radius 3 is 2.05 bits per heavy atom. The molecule has 14 heteroatoms. The summed E-state index contributed by atoms with van der Waals surface area (Å²) in [7, 11) is -4.66. The number of amides is 4. The molecule has 0 aliphatic carbocycles. The van der Waals surface area contributed by atoms with E-state index in [9.17, 15) is 27.6 Å². The quantitative estimate of drug-likeness (QED) is 0.165. The first kappa shape index (κ1) is 29.2. The summed E-state index contributed by atoms with van der Waals surface area (Å²) in [5.41, 5.74) is 12.3. The summed E-state index contributed by atoms with van der Waals surface area (Å²) in [5, 5.41) is 7.40. The van der Waals surface area contributed by atoms with Gasteiger partial charge < -0.3 is 31.6 Å². The lowest BCUT2D eigenvalue weighted by Crippen LogP contribution is -2.56. The largest absolute Gasteiger partial charge is 0.446 e. The van der Waals surface area contributed by atoms with E-state index in [1.54, 1.807) is 30.3 Å². The lowest BCUT2D eigenvalue weighted by molar-refractivity contribution is -0.132. The molecule has 3 atom stereocenters. The van der Waals surface area contributed by atoms with Crippen molar-refractivity contribution in [1.82, 2.24) is 16.0 Å². The van der Waals surface area contributed by atoms with E-state index in [1.807, 2.05) is 0 Å². The first-order chi connectivity index (χ1) is 17.3. The average Bonchev–Trinajstić information content (AvgIpc) is 2.82. The molecule has 0 aliphatic rings. The Hall–Kier alpha value is -4.01. The van der Waals surface area contributed by atoms with Crippen molar-refractivity contribution in [3.63, 3.8) is 0 Å². The van der Waals surface area contributed by atoms with E-state index < -0.39 is 58.7 Å². The third-order valence-electron chi connectivity index (χ3n) is 5.02. The van der Waals surface area contributed by atoms with Gasteiger partial charge in [-0.05, 0) is 36.6 Å². The van der Waals surface area contributed by atoms with E-state index in [-0.39, 0.29) is 18.6 Å². The number of hydrogen-bond donors (Lipinski definition) is 6. The van der Waals surface area contributed by atoms with Gasteiger partial charge in [0.15, 0.2) is 0 Å². The molecule has 0 saturated carbocycles. The van der Waals surface area contributed by atoms with Gasteiger partial charge in [0, 0.05) is 6.42 Å². The van der Waals surface area contributed by atoms with Crippen LogP contribution in [-0.4, -0.2) is 61.3 Å². The number of rotatable bonds is 13. The molecule has 0 unspecified atom stereocenters. The Bertz CT molecular complexity index is 1210. The summed E-state index contributed by atoms with van der Waals surface area (Å²) in [4.78, 5) is 48.8. The van der Waals surface area contributed by atoms with Crippen molar-refractivity contribution < 1.29 is 36.3 Å². The van der Waals surface area contributed by atoms with Gasteiger partial charge in [0.05, 0.1) is 12.6 Å². The van der Waals surface area contributed by atoms with Gasteiger partial charge in [-0.15, -0.1) is 0 Å². The number of primary amides is 1. The Morgan fingerprint density at radius 1 is 0.892 bits per heavy atom. The van der Waals surface area contributed by atoms with Gasteiger partial charge in [0.2, 0.25) is 23.6 Å². The maximum atomic E-state index is 12.7. The number of carbonyl (C=O) groups is 4. The van der Waals surface area contributed by atoms with Crippen LogP contribution in [0.2, 0.25) is 0 Å². The lowest BCUT2D eigenvalue weighted by Gasteiger charge is -2.22. The van der Waals surface area contributed by atoms with E-state index in [0.717, 1.165) is 5.56 Å². The molecular weight excluding hydrogens is 506 g/mol. The number of hydrogen-bond acceptors (Lipinski definition) is 8. The van der Waals surface area contributed by atoms with Crippen LogP contribution in [0.1, 0.15) is 18.1 Å². The summed E-state index contributed by atoms with van der Waals surface area (Å²) in [6, 6.07) is 11.2. The van der Waals surface area contributed by atoms with Gasteiger partial charge in [-0.1, -0.05) is 42.5 Å². The lowest BCUT2D eigenvalue weighted by atomic mass is 10.0. The van der Waals surface area contributed by atoms with Crippen molar-refractivity contribution in [2.75, 3.05) is 6.54 Å². The summed E-state index contributed by atoms with van der Waals surface area (Å²) in [6.45, 7) is 1.02. The summed E-state index contributed by atoms with van der Waals surface area (Å²) in [6.07, 6.45) is 0.188. The first-order valence-electron chi connectivity index (χ1n) is 11.1. The van der Waals surface area contributed by atoms with Gasteiger partial charge in [0.1, 0.15) is 17.8 Å². The van der Waals surface area contributed by atoms with Crippen molar-refractivity contribution in [2.45, 2.75) is 37.9 Å². The molecule has 0 aromatic heterocycles. The maximum absolute atomic E-state index is 12.7. The highest BCUT2D eigenvalue weighted by molar-refractivity contribution is 7.81. The summed E-state index contributed by atoms with van der Waals surface area (Å²) < 4.78 is 34.5. The number of benzene rings is 2. The molecular formula is C23H29N5O8S. The normalized spacial score (nSPS) is 13.5. The van der Waals surface area contributed by atoms with Crippen LogP contribution in [0.4, 0.5) is 0 Å². The molecule has 2 aromatic rings. The molecule has 8 N–H and O–H groups in total. The molecule has 0 aliphatic heterocycles. The smallest absolute Gasteiger partial charge is 0.368 e. The van der Waals surface area contributed by atoms with Crippen LogP contribution in [0.3, 0.4) is 0 Å². The molecule has 0 bridgehead atoms. The van der Waals surface area contributed by atoms with E-state index in [4.69, 9.17) is 16.0 Å². The minimum absolute atomic E-state index is 0.0541. The third-order valence-corrected chi connectivity index (χ3v) is 5.42. The van der Waals surface area contributed by atoms with Gasteiger partial charge >= 0.3 is 10.4 Å². The van der Waals surface area contributed by atoms with Crippen LogP contribution >= 0.6 is 0 Å². The molecule has 2 rings (SSSR count). The van der Waals surface area contributed by atoms with Crippen LogP contribution in [0, 0.1) is 0 Å². The van der Waals surface area contributed by atoms with Gasteiger partial charge in [0.25, 0.3) is 0 Å². The molecule has 13 nitrogen and oxygen atoms in total. The van der Waals surface area contributed by atoms with Crippen molar-refractivity contribution in [2.24, 2.45) is 11.5 Å². The number of nitrogens with one attached hydrogen (secondary N) is 3. The van der Waals surface area contributed by atoms with Crippen molar-refractivity contribution in [3.8, 4) is 5.75 Å². The maximum Gasteiger partial charge on any atom is 0.446 e. The molecule has 200 valence electrons. The van der Waals surface area contributed by atoms with Gasteiger partial charge in [-0.2, -0.15) is 8.42 Å². The molecule has 0 heterocycles. The molecule has 2 aromatic carbocycles. The summed E-state index contributed by atoms with van der Waals surface area (Å²) in [5.74, 6) is -2.78. The monoisotopic (exact) mass is 535 g/mol. The number of carbonyl (C=O) groups excluding carboxylic acids is 4. The second kappa shape index (κ2) is 13.3. The van der Waals surface area contributed by atoms with E-state index in [0.29, 0.717) is 5.56 Å². The van der Waals surface area contributed by atoms with Crippen LogP contribution in [0.25, 0.3) is 0 Å². The number of nitrogens with two attached hydrogens (primary N) is 2. The van der Waals surface area contributed by atoms with Gasteiger partial charge in [-0.25, -0.2) is 0 Å². The fourth-order valence-corrected chi connectivity index (χ4v) is 3.54. The highest BCUT2D eigenvalue weighted by atomic mass is 32.3. The van der Waals surface area contributed by atoms with Crippen LogP contribution in [-0.2, 0) is 42.4 Å². The molecule has 0 radical (unpaired) electrons. The molecule has 0 fully saturated rings. The fraction of sp³-hybridized carbons (Fsp3) is 0.304. The third kappa shape index (κ3) is 10.6. The van der Waals surface area contributed by atoms with Crippen LogP contribution in [0.5, 0.6) is 5.75 Å². The zero-order chi connectivity index (χ0) is 27.6. The first-order valence-corrected chi connectivity index (χ1v) is 12.4. The van der Waals surface area contributed by atoms with Crippen LogP contribution in [0.15, 0.2) is 54.6 Å². The predicted molar refractivity (Wildman–Crippen MR) is 132 cm³/mol. The zero-order valence-corrected chi connectivity index (χ0v) is 20.7. The molecule has 4 amide bonds. The Balaban J connectivity index is 1.96. The van der Waals surface area contributed by atoms with E-state index >= 15 is 0 Å². The Labute approximate surface area is 213 Å². The highest BCUT2D eigenvalue weighted by Crippen LogP contribution is 2.15. The second-order valence-corrected chi connectivity index (χ2v) is 9.15. The average molecular weight is 536 g/mol. The Kier molecular flexibility index (Phi) is 10.5. The minimum Gasteiger partial charge on any atom is -0.368 e. The predicted octanol–water partition coefficient (Wildman–Crippen LogP) is -1.43. The molecule has 37 heavy (non-hydrogen) atoms. The van der Waals surface area contributed by atoms with E-state index in [2.05, 4.69) is 20.1 Å². The van der Waals surface area contributed by atoms with Crippen molar-refractivity contribution >= 4 is 34.0 Å². The second-order valence-electron chi connectivity index (χ2n) is 8.13. The zero-order valence-electron chi connectivity index (χ0n) is 19.9. The van der Waals surface area contributed by atoms with Crippen molar-refractivity contribution in [3.05, 3.63) is 65.7 Å².